The predicted octanol–water partition coefficient (Wildman–Crippen LogP) is 3.47. The molecular weight excluding hydrogens is 545 g/mol. The molecule has 220 valence electrons. The van der Waals surface area contributed by atoms with E-state index in [4.69, 9.17) is 20.0 Å². The molecule has 1 atom stereocenters. The second kappa shape index (κ2) is 13.4. The zero-order valence-electron chi connectivity index (χ0n) is 22.8. The molecule has 2 aliphatic rings. The Morgan fingerprint density at radius 2 is 1.79 bits per heavy atom. The highest BCUT2D eigenvalue weighted by atomic mass is 19.1. The van der Waals surface area contributed by atoms with E-state index >= 15 is 0 Å². The molecule has 0 radical (unpaired) electrons. The highest BCUT2D eigenvalue weighted by Gasteiger charge is 2.56. The van der Waals surface area contributed by atoms with Crippen molar-refractivity contribution in [3.63, 3.8) is 0 Å². The summed E-state index contributed by atoms with van der Waals surface area (Å²) in [5, 5.41) is 12.8. The van der Waals surface area contributed by atoms with Crippen molar-refractivity contribution in [1.82, 2.24) is 15.3 Å². The van der Waals surface area contributed by atoms with Crippen LogP contribution >= 0.6 is 0 Å². The van der Waals surface area contributed by atoms with Crippen LogP contribution in [0.5, 0.6) is 11.6 Å². The molecule has 0 spiro atoms. The lowest BCUT2D eigenvalue weighted by Crippen LogP contribution is -2.38. The average Bonchev–Trinajstić information content (AvgIpc) is 3.81. The largest absolute Gasteiger partial charge is 0.438 e. The number of nitrogens with one attached hydrogen (secondary N) is 3. The van der Waals surface area contributed by atoms with Gasteiger partial charge in [0, 0.05) is 24.5 Å². The molecule has 1 aliphatic heterocycles. The molecule has 2 fully saturated rings. The maximum Gasteiger partial charge on any atom is 0.240 e. The smallest absolute Gasteiger partial charge is 0.240 e. The lowest BCUT2D eigenvalue weighted by atomic mass is 10.0. The SMILES string of the molecule is Nc1ncnc(Oc2ccc(NC(=O)C3(C(=O)Nc4ccc(F)cc4)CC3)cc2)c1/C=N/OCCCC1CNCCO1. The Morgan fingerprint density at radius 1 is 1.10 bits per heavy atom. The summed E-state index contributed by atoms with van der Waals surface area (Å²) in [5.74, 6) is -0.472. The van der Waals surface area contributed by atoms with Crippen molar-refractivity contribution in [2.24, 2.45) is 10.6 Å². The molecule has 5 N–H and O–H groups in total. The molecule has 1 saturated heterocycles. The highest BCUT2D eigenvalue weighted by molar-refractivity contribution is 6.16. The Hall–Kier alpha value is -4.62. The van der Waals surface area contributed by atoms with Crippen LogP contribution in [0.25, 0.3) is 0 Å². The molecule has 3 aromatic rings. The van der Waals surface area contributed by atoms with Gasteiger partial charge in [0.15, 0.2) is 0 Å². The van der Waals surface area contributed by atoms with Gasteiger partial charge in [0.25, 0.3) is 0 Å². The maximum atomic E-state index is 13.2. The summed E-state index contributed by atoms with van der Waals surface area (Å²) in [6, 6.07) is 12.0. The number of amides is 2. The first kappa shape index (κ1) is 28.9. The number of oxime groups is 1. The van der Waals surface area contributed by atoms with Crippen LogP contribution < -0.4 is 26.4 Å². The molecule has 2 aromatic carbocycles. The quantitative estimate of drug-likeness (QED) is 0.109. The van der Waals surface area contributed by atoms with Gasteiger partial charge in [0.05, 0.1) is 18.9 Å². The van der Waals surface area contributed by atoms with Crippen LogP contribution in [0.3, 0.4) is 0 Å². The Kier molecular flexibility index (Phi) is 9.19. The number of nitrogens with two attached hydrogens (primary N) is 1. The van der Waals surface area contributed by atoms with Crippen molar-refractivity contribution < 1.29 is 28.3 Å². The minimum atomic E-state index is -1.17. The van der Waals surface area contributed by atoms with Crippen molar-refractivity contribution in [3.05, 3.63) is 66.2 Å². The molecule has 42 heavy (non-hydrogen) atoms. The molecule has 1 saturated carbocycles. The fraction of sp³-hybridized carbons (Fsp3) is 0.345. The molecular formula is C29H32FN7O5. The van der Waals surface area contributed by atoms with E-state index in [-0.39, 0.29) is 17.8 Å². The predicted molar refractivity (Wildman–Crippen MR) is 154 cm³/mol. The molecule has 1 aromatic heterocycles. The summed E-state index contributed by atoms with van der Waals surface area (Å²) in [5.41, 5.74) is 6.12. The van der Waals surface area contributed by atoms with E-state index in [0.717, 1.165) is 32.5 Å². The van der Waals surface area contributed by atoms with Crippen LogP contribution in [0, 0.1) is 11.2 Å². The molecule has 13 heteroatoms. The van der Waals surface area contributed by atoms with Crippen molar-refractivity contribution in [1.29, 1.82) is 0 Å². The van der Waals surface area contributed by atoms with Crippen LogP contribution in [0.2, 0.25) is 0 Å². The molecule has 1 aliphatic carbocycles. The summed E-state index contributed by atoms with van der Waals surface area (Å²) in [7, 11) is 0. The molecule has 2 amide bonds. The van der Waals surface area contributed by atoms with Gasteiger partial charge in [-0.2, -0.15) is 0 Å². The van der Waals surface area contributed by atoms with E-state index in [1.807, 2.05) is 0 Å². The van der Waals surface area contributed by atoms with E-state index in [2.05, 4.69) is 31.1 Å². The zero-order chi connectivity index (χ0) is 29.4. The second-order valence-electron chi connectivity index (χ2n) is 10.0. The number of ether oxygens (including phenoxy) is 2. The number of nitrogen functional groups attached to an aromatic ring is 1. The minimum Gasteiger partial charge on any atom is -0.438 e. The van der Waals surface area contributed by atoms with Gasteiger partial charge in [0.2, 0.25) is 17.7 Å². The van der Waals surface area contributed by atoms with E-state index in [9.17, 15) is 14.0 Å². The van der Waals surface area contributed by atoms with Crippen LogP contribution in [0.15, 0.2) is 60.0 Å². The number of morpholine rings is 1. The number of rotatable bonds is 12. The van der Waals surface area contributed by atoms with Crippen molar-refractivity contribution >= 4 is 35.2 Å². The van der Waals surface area contributed by atoms with Gasteiger partial charge in [-0.25, -0.2) is 14.4 Å². The molecule has 2 heterocycles. The first-order chi connectivity index (χ1) is 20.4. The second-order valence-corrected chi connectivity index (χ2v) is 10.0. The van der Waals surface area contributed by atoms with Gasteiger partial charge in [-0.1, -0.05) is 5.16 Å². The van der Waals surface area contributed by atoms with Gasteiger partial charge in [-0.3, -0.25) is 9.59 Å². The van der Waals surface area contributed by atoms with Gasteiger partial charge < -0.3 is 36.0 Å². The topological polar surface area (TPSA) is 162 Å². The van der Waals surface area contributed by atoms with Crippen LogP contribution in [-0.2, 0) is 19.2 Å². The van der Waals surface area contributed by atoms with Crippen molar-refractivity contribution in [2.75, 3.05) is 42.7 Å². The first-order valence-corrected chi connectivity index (χ1v) is 13.7. The number of anilines is 3. The van der Waals surface area contributed by atoms with E-state index in [0.29, 0.717) is 42.1 Å². The number of hydrogen-bond donors (Lipinski definition) is 4. The molecule has 12 nitrogen and oxygen atoms in total. The third-order valence-corrected chi connectivity index (χ3v) is 6.95. The molecule has 5 rings (SSSR count). The van der Waals surface area contributed by atoms with Gasteiger partial charge in [-0.05, 0) is 74.2 Å². The average molecular weight is 578 g/mol. The van der Waals surface area contributed by atoms with E-state index in [1.165, 1.54) is 36.8 Å². The number of hydrogen-bond acceptors (Lipinski definition) is 10. The number of halogens is 1. The van der Waals surface area contributed by atoms with Crippen LogP contribution in [0.4, 0.5) is 21.6 Å². The van der Waals surface area contributed by atoms with Gasteiger partial charge in [0.1, 0.15) is 41.3 Å². The zero-order valence-corrected chi connectivity index (χ0v) is 22.8. The number of aromatic nitrogens is 2. The third-order valence-electron chi connectivity index (χ3n) is 6.95. The fourth-order valence-electron chi connectivity index (χ4n) is 4.35. The monoisotopic (exact) mass is 577 g/mol. The molecule has 1 unspecified atom stereocenters. The Labute approximate surface area is 241 Å². The van der Waals surface area contributed by atoms with Crippen LogP contribution in [0.1, 0.15) is 31.2 Å². The van der Waals surface area contributed by atoms with Gasteiger partial charge >= 0.3 is 0 Å². The highest BCUT2D eigenvalue weighted by Crippen LogP contribution is 2.47. The summed E-state index contributed by atoms with van der Waals surface area (Å²) in [6.45, 7) is 2.86. The summed E-state index contributed by atoms with van der Waals surface area (Å²) in [4.78, 5) is 39.3. The molecule has 0 bridgehead atoms. The van der Waals surface area contributed by atoms with E-state index in [1.54, 1.807) is 24.3 Å². The standard InChI is InChI=1S/C29H32FN7O5/c30-19-3-5-20(6-4-19)36-27(38)29(11-12-29)28(39)37-21-7-9-22(10-8-21)42-26-24(25(31)33-18-34-26)17-35-41-14-1-2-23-16-32-13-15-40-23/h3-10,17-18,23,32H,1-2,11-16H2,(H,36,38)(H,37,39)(H2,31,33,34)/b35-17+. The minimum absolute atomic E-state index is 0.173. The summed E-state index contributed by atoms with van der Waals surface area (Å²) in [6.07, 6.45) is 5.37. The first-order valence-electron chi connectivity index (χ1n) is 13.7. The lowest BCUT2D eigenvalue weighted by Gasteiger charge is -2.23. The number of carbonyl (C=O) groups is 2. The Balaban J connectivity index is 1.13. The Bertz CT molecular complexity index is 1410. The lowest BCUT2D eigenvalue weighted by molar-refractivity contribution is -0.131. The van der Waals surface area contributed by atoms with E-state index < -0.39 is 23.0 Å². The number of carbonyl (C=O) groups excluding carboxylic acids is 2. The number of nitrogens with zero attached hydrogens (tertiary/aromatic N) is 3. The number of benzene rings is 2. The Morgan fingerprint density at radius 3 is 2.43 bits per heavy atom. The fourth-order valence-corrected chi connectivity index (χ4v) is 4.35. The van der Waals surface area contributed by atoms with Crippen molar-refractivity contribution in [2.45, 2.75) is 31.8 Å². The summed E-state index contributed by atoms with van der Waals surface area (Å²) < 4.78 is 24.7. The van der Waals surface area contributed by atoms with Crippen LogP contribution in [-0.4, -0.2) is 60.4 Å². The maximum absolute atomic E-state index is 13.2. The normalized spacial score (nSPS) is 17.4. The van der Waals surface area contributed by atoms with Gasteiger partial charge in [-0.15, -0.1) is 0 Å². The third kappa shape index (κ3) is 7.36. The summed E-state index contributed by atoms with van der Waals surface area (Å²) >= 11 is 0. The van der Waals surface area contributed by atoms with Crippen molar-refractivity contribution in [3.8, 4) is 11.6 Å².